The van der Waals surface area contributed by atoms with Crippen molar-refractivity contribution in [2.45, 2.75) is 38.1 Å². The molecule has 0 radical (unpaired) electrons. The number of hydrogen-bond acceptors (Lipinski definition) is 3. The molecule has 0 aromatic heterocycles. The van der Waals surface area contributed by atoms with Gasteiger partial charge in [0.15, 0.2) is 0 Å². The Morgan fingerprint density at radius 3 is 2.50 bits per heavy atom. The van der Waals surface area contributed by atoms with Crippen molar-refractivity contribution in [1.29, 1.82) is 0 Å². The van der Waals surface area contributed by atoms with Crippen molar-refractivity contribution in [1.82, 2.24) is 9.62 Å². The van der Waals surface area contributed by atoms with Gasteiger partial charge in [0.1, 0.15) is 0 Å². The molecule has 1 heterocycles. The SMILES string of the molecule is CN(C1CCCC1)S(=O)(=O)CC1CCNC1. The summed E-state index contributed by atoms with van der Waals surface area (Å²) in [7, 11) is -1.28. The zero-order valence-corrected chi connectivity index (χ0v) is 10.8. The number of rotatable bonds is 4. The molecule has 0 amide bonds. The second-order valence-electron chi connectivity index (χ2n) is 5.09. The highest BCUT2D eigenvalue weighted by Crippen LogP contribution is 2.25. The van der Waals surface area contributed by atoms with Gasteiger partial charge in [-0.25, -0.2) is 12.7 Å². The fourth-order valence-corrected chi connectivity index (χ4v) is 4.55. The normalized spacial score (nSPS) is 28.0. The standard InChI is InChI=1S/C11H22N2O2S/c1-13(11-4-2-3-5-11)16(14,15)9-10-6-7-12-8-10/h10-12H,2-9H2,1H3. The molecule has 4 nitrogen and oxygen atoms in total. The zero-order chi connectivity index (χ0) is 11.6. The van der Waals surface area contributed by atoms with Crippen molar-refractivity contribution in [2.24, 2.45) is 5.92 Å². The van der Waals surface area contributed by atoms with E-state index in [1.165, 1.54) is 12.8 Å². The molecule has 2 aliphatic rings. The van der Waals surface area contributed by atoms with Crippen molar-refractivity contribution in [2.75, 3.05) is 25.9 Å². The van der Waals surface area contributed by atoms with Gasteiger partial charge in [-0.05, 0) is 38.3 Å². The van der Waals surface area contributed by atoms with E-state index in [0.717, 1.165) is 32.4 Å². The van der Waals surface area contributed by atoms with Crippen LogP contribution in [0.3, 0.4) is 0 Å². The minimum atomic E-state index is -3.03. The molecular formula is C11H22N2O2S. The first kappa shape index (κ1) is 12.3. The van der Waals surface area contributed by atoms with Gasteiger partial charge >= 0.3 is 0 Å². The summed E-state index contributed by atoms with van der Waals surface area (Å²) in [4.78, 5) is 0. The smallest absolute Gasteiger partial charge is 0.214 e. The molecule has 0 bridgehead atoms. The lowest BCUT2D eigenvalue weighted by molar-refractivity contribution is 0.369. The van der Waals surface area contributed by atoms with E-state index in [-0.39, 0.29) is 6.04 Å². The van der Waals surface area contributed by atoms with E-state index in [1.54, 1.807) is 11.4 Å². The van der Waals surface area contributed by atoms with Gasteiger partial charge in [0.25, 0.3) is 0 Å². The van der Waals surface area contributed by atoms with Crippen LogP contribution in [0.4, 0.5) is 0 Å². The summed E-state index contributed by atoms with van der Waals surface area (Å²) in [6.45, 7) is 1.82. The third kappa shape index (κ3) is 2.76. The second kappa shape index (κ2) is 5.02. The molecule has 5 heteroatoms. The van der Waals surface area contributed by atoms with Crippen LogP contribution in [0.15, 0.2) is 0 Å². The molecular weight excluding hydrogens is 224 g/mol. The van der Waals surface area contributed by atoms with E-state index in [1.807, 2.05) is 0 Å². The van der Waals surface area contributed by atoms with Crippen molar-refractivity contribution in [3.05, 3.63) is 0 Å². The molecule has 0 spiro atoms. The molecule has 1 unspecified atom stereocenters. The highest BCUT2D eigenvalue weighted by atomic mass is 32.2. The van der Waals surface area contributed by atoms with Crippen LogP contribution in [-0.2, 0) is 10.0 Å². The van der Waals surface area contributed by atoms with Crippen LogP contribution < -0.4 is 5.32 Å². The van der Waals surface area contributed by atoms with E-state index in [9.17, 15) is 8.42 Å². The lowest BCUT2D eigenvalue weighted by Gasteiger charge is -2.24. The maximum atomic E-state index is 12.2. The third-order valence-electron chi connectivity index (χ3n) is 3.89. The lowest BCUT2D eigenvalue weighted by atomic mass is 10.2. The van der Waals surface area contributed by atoms with Gasteiger partial charge in [-0.1, -0.05) is 12.8 Å². The maximum Gasteiger partial charge on any atom is 0.214 e. The van der Waals surface area contributed by atoms with Gasteiger partial charge in [-0.15, -0.1) is 0 Å². The Morgan fingerprint density at radius 2 is 1.94 bits per heavy atom. The Balaban J connectivity index is 1.94. The first-order valence-corrected chi connectivity index (χ1v) is 7.87. The predicted octanol–water partition coefficient (Wildman–Crippen LogP) is 0.800. The summed E-state index contributed by atoms with van der Waals surface area (Å²) in [6.07, 6.45) is 5.43. The molecule has 16 heavy (non-hydrogen) atoms. The van der Waals surface area contributed by atoms with Crippen molar-refractivity contribution >= 4 is 10.0 Å². The van der Waals surface area contributed by atoms with Gasteiger partial charge in [-0.2, -0.15) is 0 Å². The summed E-state index contributed by atoms with van der Waals surface area (Å²) < 4.78 is 26.0. The van der Waals surface area contributed by atoms with Crippen LogP contribution >= 0.6 is 0 Å². The summed E-state index contributed by atoms with van der Waals surface area (Å²) in [5, 5.41) is 3.22. The average Bonchev–Trinajstić information content (AvgIpc) is 2.86. The van der Waals surface area contributed by atoms with Crippen LogP contribution in [0.1, 0.15) is 32.1 Å². The summed E-state index contributed by atoms with van der Waals surface area (Å²) in [6, 6.07) is 0.263. The molecule has 1 atom stereocenters. The van der Waals surface area contributed by atoms with Crippen LogP contribution in [0.2, 0.25) is 0 Å². The Bertz CT molecular complexity index is 317. The van der Waals surface area contributed by atoms with Gasteiger partial charge in [-0.3, -0.25) is 0 Å². The van der Waals surface area contributed by atoms with E-state index in [0.29, 0.717) is 11.7 Å². The molecule has 0 aromatic rings. The van der Waals surface area contributed by atoms with E-state index in [2.05, 4.69) is 5.32 Å². The summed E-state index contributed by atoms with van der Waals surface area (Å²) in [5.74, 6) is 0.640. The highest BCUT2D eigenvalue weighted by molar-refractivity contribution is 7.89. The predicted molar refractivity (Wildman–Crippen MR) is 64.8 cm³/mol. The third-order valence-corrected chi connectivity index (χ3v) is 5.95. The molecule has 1 saturated carbocycles. The van der Waals surface area contributed by atoms with Crippen LogP contribution in [0.25, 0.3) is 0 Å². The van der Waals surface area contributed by atoms with E-state index < -0.39 is 10.0 Å². The van der Waals surface area contributed by atoms with E-state index in [4.69, 9.17) is 0 Å². The Kier molecular flexibility index (Phi) is 3.87. The number of nitrogens with zero attached hydrogens (tertiary/aromatic N) is 1. The maximum absolute atomic E-state index is 12.2. The zero-order valence-electron chi connectivity index (χ0n) is 9.98. The fourth-order valence-electron chi connectivity index (χ4n) is 2.77. The number of hydrogen-bond donors (Lipinski definition) is 1. The summed E-state index contributed by atoms with van der Waals surface area (Å²) in [5.41, 5.74) is 0. The minimum Gasteiger partial charge on any atom is -0.316 e. The first-order valence-electron chi connectivity index (χ1n) is 6.26. The van der Waals surface area contributed by atoms with Gasteiger partial charge in [0, 0.05) is 13.1 Å². The Labute approximate surface area is 98.4 Å². The minimum absolute atomic E-state index is 0.263. The quantitative estimate of drug-likeness (QED) is 0.798. The molecule has 1 N–H and O–H groups in total. The van der Waals surface area contributed by atoms with Gasteiger partial charge in [0.05, 0.1) is 5.75 Å². The second-order valence-corrected chi connectivity index (χ2v) is 7.16. The number of sulfonamides is 1. The first-order chi connectivity index (χ1) is 7.59. The van der Waals surface area contributed by atoms with Crippen molar-refractivity contribution in [3.63, 3.8) is 0 Å². The largest absolute Gasteiger partial charge is 0.316 e. The molecule has 1 saturated heterocycles. The monoisotopic (exact) mass is 246 g/mol. The van der Waals surface area contributed by atoms with Crippen LogP contribution in [-0.4, -0.2) is 44.7 Å². The van der Waals surface area contributed by atoms with Crippen LogP contribution in [0.5, 0.6) is 0 Å². The van der Waals surface area contributed by atoms with E-state index >= 15 is 0 Å². The van der Waals surface area contributed by atoms with Gasteiger partial charge < -0.3 is 5.32 Å². The van der Waals surface area contributed by atoms with Crippen molar-refractivity contribution in [3.8, 4) is 0 Å². The molecule has 2 fully saturated rings. The average molecular weight is 246 g/mol. The molecule has 1 aliphatic heterocycles. The fraction of sp³-hybridized carbons (Fsp3) is 1.00. The molecule has 94 valence electrons. The molecule has 1 aliphatic carbocycles. The lowest BCUT2D eigenvalue weighted by Crippen LogP contribution is -2.38. The molecule has 0 aromatic carbocycles. The summed E-state index contributed by atoms with van der Waals surface area (Å²) >= 11 is 0. The Morgan fingerprint density at radius 1 is 1.25 bits per heavy atom. The van der Waals surface area contributed by atoms with Crippen LogP contribution in [0, 0.1) is 5.92 Å². The topological polar surface area (TPSA) is 49.4 Å². The highest BCUT2D eigenvalue weighted by Gasteiger charge is 2.31. The molecule has 2 rings (SSSR count). The Hall–Kier alpha value is -0.130. The number of nitrogens with one attached hydrogen (secondary N) is 1. The van der Waals surface area contributed by atoms with Gasteiger partial charge in [0.2, 0.25) is 10.0 Å². The van der Waals surface area contributed by atoms with Crippen molar-refractivity contribution < 1.29 is 8.42 Å².